The van der Waals surface area contributed by atoms with E-state index in [4.69, 9.17) is 5.73 Å². The molecule has 2 N–H and O–H groups in total. The van der Waals surface area contributed by atoms with E-state index in [2.05, 4.69) is 11.8 Å². The zero-order chi connectivity index (χ0) is 9.97. The number of nitrogens with zero attached hydrogens (tertiary/aromatic N) is 1. The van der Waals surface area contributed by atoms with E-state index in [0.717, 1.165) is 18.5 Å². The van der Waals surface area contributed by atoms with E-state index in [1.807, 2.05) is 0 Å². The van der Waals surface area contributed by atoms with Crippen molar-refractivity contribution in [1.29, 1.82) is 0 Å². The van der Waals surface area contributed by atoms with Crippen molar-refractivity contribution in [3.8, 4) is 0 Å². The molecule has 2 atom stereocenters. The maximum absolute atomic E-state index is 5.93. The molecule has 1 aliphatic carbocycles. The summed E-state index contributed by atoms with van der Waals surface area (Å²) in [5.41, 5.74) is 5.93. The molecule has 82 valence electrons. The minimum atomic E-state index is 0.445. The zero-order valence-electron chi connectivity index (χ0n) is 9.41. The van der Waals surface area contributed by atoms with Crippen molar-refractivity contribution in [1.82, 2.24) is 4.90 Å². The summed E-state index contributed by atoms with van der Waals surface area (Å²) in [7, 11) is 0. The van der Waals surface area contributed by atoms with E-state index in [1.54, 1.807) is 0 Å². The molecule has 0 aromatic heterocycles. The molecule has 2 heteroatoms. The SMILES string of the molecule is CC(CC1CCCC1)N1CC[C@H](N)C1. The molecule has 0 aromatic carbocycles. The molecule has 2 aliphatic rings. The molecule has 2 fully saturated rings. The van der Waals surface area contributed by atoms with Gasteiger partial charge >= 0.3 is 0 Å². The van der Waals surface area contributed by atoms with Gasteiger partial charge < -0.3 is 5.73 Å². The van der Waals surface area contributed by atoms with Crippen molar-refractivity contribution < 1.29 is 0 Å². The maximum atomic E-state index is 5.93. The van der Waals surface area contributed by atoms with Crippen molar-refractivity contribution in [3.63, 3.8) is 0 Å². The largest absolute Gasteiger partial charge is 0.326 e. The lowest BCUT2D eigenvalue weighted by Crippen LogP contribution is -2.34. The average Bonchev–Trinajstić information content (AvgIpc) is 2.75. The van der Waals surface area contributed by atoms with Crippen LogP contribution < -0.4 is 5.73 Å². The Morgan fingerprint density at radius 1 is 1.29 bits per heavy atom. The monoisotopic (exact) mass is 196 g/mol. The van der Waals surface area contributed by atoms with Crippen molar-refractivity contribution in [2.45, 2.75) is 57.5 Å². The highest BCUT2D eigenvalue weighted by atomic mass is 15.2. The maximum Gasteiger partial charge on any atom is 0.0180 e. The smallest absolute Gasteiger partial charge is 0.0180 e. The highest BCUT2D eigenvalue weighted by Gasteiger charge is 2.26. The summed E-state index contributed by atoms with van der Waals surface area (Å²) in [5.74, 6) is 1.02. The molecule has 2 nitrogen and oxygen atoms in total. The van der Waals surface area contributed by atoms with E-state index in [0.29, 0.717) is 6.04 Å². The first kappa shape index (κ1) is 10.4. The van der Waals surface area contributed by atoms with Crippen LogP contribution in [0, 0.1) is 5.92 Å². The van der Waals surface area contributed by atoms with Gasteiger partial charge in [-0.15, -0.1) is 0 Å². The van der Waals surface area contributed by atoms with Crippen LogP contribution in [0.2, 0.25) is 0 Å². The number of rotatable bonds is 3. The normalized spacial score (nSPS) is 32.6. The second kappa shape index (κ2) is 4.63. The zero-order valence-corrected chi connectivity index (χ0v) is 9.41. The molecule has 14 heavy (non-hydrogen) atoms. The second-order valence-electron chi connectivity index (χ2n) is 5.28. The summed E-state index contributed by atoms with van der Waals surface area (Å²) in [5, 5.41) is 0. The van der Waals surface area contributed by atoms with E-state index < -0.39 is 0 Å². The summed E-state index contributed by atoms with van der Waals surface area (Å²) >= 11 is 0. The summed E-state index contributed by atoms with van der Waals surface area (Å²) in [6, 6.07) is 1.22. The summed E-state index contributed by atoms with van der Waals surface area (Å²) in [4.78, 5) is 2.59. The third-order valence-corrected chi connectivity index (χ3v) is 4.03. The third-order valence-electron chi connectivity index (χ3n) is 4.03. The van der Waals surface area contributed by atoms with Gasteiger partial charge in [-0.05, 0) is 32.2 Å². The van der Waals surface area contributed by atoms with Gasteiger partial charge in [-0.1, -0.05) is 25.7 Å². The van der Waals surface area contributed by atoms with Crippen LogP contribution >= 0.6 is 0 Å². The molecule has 2 rings (SSSR count). The second-order valence-corrected chi connectivity index (χ2v) is 5.28. The predicted molar refractivity (Wildman–Crippen MR) is 60.2 cm³/mol. The Morgan fingerprint density at radius 3 is 2.57 bits per heavy atom. The number of likely N-dealkylation sites (tertiary alicyclic amines) is 1. The first-order chi connectivity index (χ1) is 6.75. The highest BCUT2D eigenvalue weighted by Crippen LogP contribution is 2.30. The minimum Gasteiger partial charge on any atom is -0.326 e. The average molecular weight is 196 g/mol. The Bertz CT molecular complexity index is 175. The fourth-order valence-electron chi connectivity index (χ4n) is 3.09. The number of nitrogens with two attached hydrogens (primary N) is 1. The Morgan fingerprint density at radius 2 is 2.00 bits per heavy atom. The first-order valence-corrected chi connectivity index (χ1v) is 6.25. The third kappa shape index (κ3) is 2.48. The van der Waals surface area contributed by atoms with E-state index in [-0.39, 0.29) is 0 Å². The van der Waals surface area contributed by atoms with Gasteiger partial charge in [0.15, 0.2) is 0 Å². The van der Waals surface area contributed by atoms with Crippen molar-refractivity contribution in [2.75, 3.05) is 13.1 Å². The molecule has 0 radical (unpaired) electrons. The van der Waals surface area contributed by atoms with Gasteiger partial charge in [-0.3, -0.25) is 4.90 Å². The van der Waals surface area contributed by atoms with Gasteiger partial charge in [0, 0.05) is 18.6 Å². The number of hydrogen-bond donors (Lipinski definition) is 1. The lowest BCUT2D eigenvalue weighted by molar-refractivity contribution is 0.218. The Labute approximate surface area is 87.8 Å². The molecule has 1 saturated carbocycles. The Hall–Kier alpha value is -0.0800. The Kier molecular flexibility index (Phi) is 3.45. The van der Waals surface area contributed by atoms with E-state index in [9.17, 15) is 0 Å². The molecule has 1 unspecified atom stereocenters. The highest BCUT2D eigenvalue weighted by molar-refractivity contribution is 4.83. The van der Waals surface area contributed by atoms with Gasteiger partial charge in [0.2, 0.25) is 0 Å². The van der Waals surface area contributed by atoms with Crippen LogP contribution in [0.25, 0.3) is 0 Å². The summed E-state index contributed by atoms with van der Waals surface area (Å²) in [6.45, 7) is 4.75. The molecule has 0 bridgehead atoms. The molecular weight excluding hydrogens is 172 g/mol. The van der Waals surface area contributed by atoms with Crippen LogP contribution in [0.3, 0.4) is 0 Å². The van der Waals surface area contributed by atoms with Gasteiger partial charge in [0.25, 0.3) is 0 Å². The summed E-state index contributed by atoms with van der Waals surface area (Å²) < 4.78 is 0. The minimum absolute atomic E-state index is 0.445. The van der Waals surface area contributed by atoms with Crippen molar-refractivity contribution in [2.24, 2.45) is 11.7 Å². The van der Waals surface area contributed by atoms with Crippen molar-refractivity contribution >= 4 is 0 Å². The van der Waals surface area contributed by atoms with Gasteiger partial charge in [-0.2, -0.15) is 0 Å². The number of hydrogen-bond acceptors (Lipinski definition) is 2. The lowest BCUT2D eigenvalue weighted by Gasteiger charge is -2.26. The van der Waals surface area contributed by atoms with Gasteiger partial charge in [-0.25, -0.2) is 0 Å². The predicted octanol–water partition coefficient (Wildman–Crippen LogP) is 1.99. The fourth-order valence-corrected chi connectivity index (χ4v) is 3.09. The molecule has 0 aromatic rings. The molecule has 1 heterocycles. The topological polar surface area (TPSA) is 29.3 Å². The van der Waals surface area contributed by atoms with Crippen LogP contribution in [0.15, 0.2) is 0 Å². The molecule has 1 saturated heterocycles. The molecule has 0 amide bonds. The van der Waals surface area contributed by atoms with Crippen molar-refractivity contribution in [3.05, 3.63) is 0 Å². The van der Waals surface area contributed by atoms with Crippen LogP contribution in [-0.4, -0.2) is 30.1 Å². The van der Waals surface area contributed by atoms with Gasteiger partial charge in [0.1, 0.15) is 0 Å². The van der Waals surface area contributed by atoms with E-state index >= 15 is 0 Å². The van der Waals surface area contributed by atoms with Crippen LogP contribution in [0.1, 0.15) is 45.4 Å². The fraction of sp³-hybridized carbons (Fsp3) is 1.00. The lowest BCUT2D eigenvalue weighted by atomic mass is 9.99. The van der Waals surface area contributed by atoms with E-state index in [1.165, 1.54) is 45.1 Å². The standard InChI is InChI=1S/C12H24N2/c1-10(8-11-4-2-3-5-11)14-7-6-12(13)9-14/h10-12H,2-9,13H2,1H3/t10?,12-/m0/s1. The quantitative estimate of drug-likeness (QED) is 0.748. The van der Waals surface area contributed by atoms with Gasteiger partial charge in [0.05, 0.1) is 0 Å². The summed E-state index contributed by atoms with van der Waals surface area (Å²) in [6.07, 6.45) is 8.50. The van der Waals surface area contributed by atoms with Crippen LogP contribution in [0.4, 0.5) is 0 Å². The molecular formula is C12H24N2. The Balaban J connectivity index is 1.74. The first-order valence-electron chi connectivity index (χ1n) is 6.25. The molecule has 0 spiro atoms. The molecule has 1 aliphatic heterocycles. The van der Waals surface area contributed by atoms with Crippen LogP contribution in [0.5, 0.6) is 0 Å². The van der Waals surface area contributed by atoms with Crippen LogP contribution in [-0.2, 0) is 0 Å².